The Kier molecular flexibility index (Phi) is 1.29. The number of hydrogen-bond acceptors (Lipinski definition) is 3. The van der Waals surface area contributed by atoms with Crippen molar-refractivity contribution < 1.29 is 4.52 Å². The molecule has 3 rings (SSSR count). The lowest BCUT2D eigenvalue weighted by molar-refractivity contribution is 0.337. The van der Waals surface area contributed by atoms with Crippen LogP contribution in [0.25, 0.3) is 0 Å². The van der Waals surface area contributed by atoms with Crippen LogP contribution in [0.3, 0.4) is 0 Å². The van der Waals surface area contributed by atoms with Crippen LogP contribution in [0.1, 0.15) is 30.9 Å². The highest BCUT2D eigenvalue weighted by atomic mass is 16.5. The summed E-state index contributed by atoms with van der Waals surface area (Å²) in [5.41, 5.74) is 0. The van der Waals surface area contributed by atoms with E-state index in [-0.39, 0.29) is 0 Å². The molecular formula is C9H12N2O. The highest BCUT2D eigenvalue weighted by Gasteiger charge is 2.41. The van der Waals surface area contributed by atoms with E-state index in [0.29, 0.717) is 12.0 Å². The molecule has 2 aliphatic rings. The zero-order valence-electron chi connectivity index (χ0n) is 6.86. The molecule has 2 fully saturated rings. The second kappa shape index (κ2) is 2.33. The van der Waals surface area contributed by atoms with Crippen LogP contribution in [0.5, 0.6) is 0 Å². The van der Waals surface area contributed by atoms with Crippen molar-refractivity contribution in [2.75, 3.05) is 0 Å². The van der Waals surface area contributed by atoms with Crippen LogP contribution in [0.2, 0.25) is 0 Å². The van der Waals surface area contributed by atoms with Crippen molar-refractivity contribution in [2.45, 2.75) is 37.3 Å². The predicted molar refractivity (Wildman–Crippen MR) is 43.8 cm³/mol. The minimum atomic E-state index is 0.589. The van der Waals surface area contributed by atoms with Crippen LogP contribution in [0.4, 0.5) is 0 Å². The monoisotopic (exact) mass is 164 g/mol. The zero-order chi connectivity index (χ0) is 7.97. The molecule has 1 aromatic rings. The Hall–Kier alpha value is -0.830. The van der Waals surface area contributed by atoms with Crippen molar-refractivity contribution in [1.82, 2.24) is 10.5 Å². The molecular weight excluding hydrogens is 152 g/mol. The first-order chi connectivity index (χ1) is 5.93. The van der Waals surface area contributed by atoms with Crippen molar-refractivity contribution >= 4 is 0 Å². The molecule has 12 heavy (non-hydrogen) atoms. The first-order valence-electron chi connectivity index (χ1n) is 4.60. The number of nitrogens with zero attached hydrogens (tertiary/aromatic N) is 1. The van der Waals surface area contributed by atoms with Gasteiger partial charge in [0.1, 0.15) is 5.76 Å². The van der Waals surface area contributed by atoms with Crippen molar-refractivity contribution in [3.05, 3.63) is 18.0 Å². The van der Waals surface area contributed by atoms with Gasteiger partial charge in [-0.1, -0.05) is 5.16 Å². The largest absolute Gasteiger partial charge is 0.361 e. The average Bonchev–Trinajstić information content (AvgIpc) is 2.81. The van der Waals surface area contributed by atoms with Crippen LogP contribution in [0, 0.1) is 0 Å². The smallest absolute Gasteiger partial charge is 0.141 e. The van der Waals surface area contributed by atoms with Gasteiger partial charge in [-0.3, -0.25) is 0 Å². The maximum atomic E-state index is 5.18. The summed E-state index contributed by atoms with van der Waals surface area (Å²) in [6.45, 7) is 0. The van der Waals surface area contributed by atoms with Crippen molar-refractivity contribution in [1.29, 1.82) is 0 Å². The summed E-state index contributed by atoms with van der Waals surface area (Å²) in [5.74, 6) is 1.65. The highest BCUT2D eigenvalue weighted by molar-refractivity contribution is 5.13. The van der Waals surface area contributed by atoms with Crippen LogP contribution in [-0.2, 0) is 0 Å². The van der Waals surface area contributed by atoms with Gasteiger partial charge >= 0.3 is 0 Å². The summed E-state index contributed by atoms with van der Waals surface area (Å²) in [5, 5.41) is 7.33. The summed E-state index contributed by atoms with van der Waals surface area (Å²) in [7, 11) is 0. The maximum Gasteiger partial charge on any atom is 0.141 e. The SMILES string of the molecule is c1cc([C@H]2C[C@@H]3CC[C@H]2N3)on1. The first kappa shape index (κ1) is 6.66. The van der Waals surface area contributed by atoms with E-state index in [9.17, 15) is 0 Å². The van der Waals surface area contributed by atoms with Gasteiger partial charge in [0, 0.05) is 24.1 Å². The van der Waals surface area contributed by atoms with Crippen LogP contribution >= 0.6 is 0 Å². The standard InChI is InChI=1S/C9H12N2O/c1-2-8-7(5-6(1)11-8)9-3-4-10-12-9/h3-4,6-8,11H,1-2,5H2/t6-,7-,8+/m0/s1. The molecule has 3 nitrogen and oxygen atoms in total. The van der Waals surface area contributed by atoms with E-state index in [0.717, 1.165) is 11.8 Å². The molecule has 2 saturated heterocycles. The number of hydrogen-bond donors (Lipinski definition) is 1. The molecule has 0 radical (unpaired) electrons. The van der Waals surface area contributed by atoms with E-state index < -0.39 is 0 Å². The van der Waals surface area contributed by atoms with Crippen LogP contribution in [-0.4, -0.2) is 17.2 Å². The van der Waals surface area contributed by atoms with E-state index in [1.54, 1.807) is 6.20 Å². The Morgan fingerprint density at radius 3 is 3.08 bits per heavy atom. The van der Waals surface area contributed by atoms with Gasteiger partial charge in [0.2, 0.25) is 0 Å². The van der Waals surface area contributed by atoms with E-state index in [4.69, 9.17) is 4.52 Å². The lowest BCUT2D eigenvalue weighted by atomic mass is 9.87. The molecule has 1 N–H and O–H groups in total. The second-order valence-corrected chi connectivity index (χ2v) is 3.80. The van der Waals surface area contributed by atoms with Crippen molar-refractivity contribution in [3.8, 4) is 0 Å². The number of aromatic nitrogens is 1. The second-order valence-electron chi connectivity index (χ2n) is 3.80. The Morgan fingerprint density at radius 2 is 2.50 bits per heavy atom. The fraction of sp³-hybridized carbons (Fsp3) is 0.667. The van der Waals surface area contributed by atoms with Gasteiger partial charge in [0.05, 0.1) is 6.20 Å². The summed E-state index contributed by atoms with van der Waals surface area (Å²) >= 11 is 0. The molecule has 0 aromatic carbocycles. The van der Waals surface area contributed by atoms with Gasteiger partial charge in [0.15, 0.2) is 0 Å². The number of fused-ring (bicyclic) bond motifs is 2. The lowest BCUT2D eigenvalue weighted by Gasteiger charge is -2.16. The normalized spacial score (nSPS) is 39.2. The quantitative estimate of drug-likeness (QED) is 0.679. The summed E-state index contributed by atoms with van der Waals surface area (Å²) in [6.07, 6.45) is 5.62. The fourth-order valence-corrected chi connectivity index (χ4v) is 2.56. The van der Waals surface area contributed by atoms with Crippen molar-refractivity contribution in [3.63, 3.8) is 0 Å². The number of nitrogens with one attached hydrogen (secondary N) is 1. The van der Waals surface area contributed by atoms with E-state index >= 15 is 0 Å². The molecule has 0 amide bonds. The van der Waals surface area contributed by atoms with E-state index in [1.165, 1.54) is 19.3 Å². The fourth-order valence-electron chi connectivity index (χ4n) is 2.56. The third kappa shape index (κ3) is 0.829. The van der Waals surface area contributed by atoms with E-state index in [2.05, 4.69) is 10.5 Å². The molecule has 3 heteroatoms. The highest BCUT2D eigenvalue weighted by Crippen LogP contribution is 2.39. The minimum absolute atomic E-state index is 0.589. The summed E-state index contributed by atoms with van der Waals surface area (Å²) in [6, 6.07) is 3.39. The molecule has 3 atom stereocenters. The maximum absolute atomic E-state index is 5.18. The lowest BCUT2D eigenvalue weighted by Crippen LogP contribution is -2.21. The van der Waals surface area contributed by atoms with Gasteiger partial charge < -0.3 is 9.84 Å². The minimum Gasteiger partial charge on any atom is -0.361 e. The van der Waals surface area contributed by atoms with E-state index in [1.807, 2.05) is 6.07 Å². The van der Waals surface area contributed by atoms with Gasteiger partial charge in [0.25, 0.3) is 0 Å². The van der Waals surface area contributed by atoms with Gasteiger partial charge in [-0.15, -0.1) is 0 Å². The topological polar surface area (TPSA) is 38.1 Å². The van der Waals surface area contributed by atoms with Gasteiger partial charge in [-0.2, -0.15) is 0 Å². The van der Waals surface area contributed by atoms with Gasteiger partial charge in [-0.25, -0.2) is 0 Å². The third-order valence-electron chi connectivity index (χ3n) is 3.12. The molecule has 1 aromatic heterocycles. The molecule has 0 spiro atoms. The van der Waals surface area contributed by atoms with Gasteiger partial charge in [-0.05, 0) is 19.3 Å². The zero-order valence-corrected chi connectivity index (χ0v) is 6.86. The Morgan fingerprint density at radius 1 is 1.50 bits per heavy atom. The first-order valence-corrected chi connectivity index (χ1v) is 4.60. The average molecular weight is 164 g/mol. The molecule has 0 unspecified atom stereocenters. The number of rotatable bonds is 1. The summed E-state index contributed by atoms with van der Waals surface area (Å²) < 4.78 is 5.18. The Balaban J connectivity index is 1.87. The molecule has 3 heterocycles. The Labute approximate surface area is 71.1 Å². The van der Waals surface area contributed by atoms with Crippen LogP contribution in [0.15, 0.2) is 16.8 Å². The van der Waals surface area contributed by atoms with Crippen LogP contribution < -0.4 is 5.32 Å². The summed E-state index contributed by atoms with van der Waals surface area (Å²) in [4.78, 5) is 0. The predicted octanol–water partition coefficient (Wildman–Crippen LogP) is 1.28. The van der Waals surface area contributed by atoms with Crippen molar-refractivity contribution in [2.24, 2.45) is 0 Å². The molecule has 2 bridgehead atoms. The third-order valence-corrected chi connectivity index (χ3v) is 3.12. The Bertz CT molecular complexity index is 270. The molecule has 0 saturated carbocycles. The molecule has 64 valence electrons. The molecule has 0 aliphatic carbocycles. The molecule has 2 aliphatic heterocycles.